The minimum Gasteiger partial charge on any atom is -0.346 e. The van der Waals surface area contributed by atoms with Crippen LogP contribution in [-0.2, 0) is 0 Å². The van der Waals surface area contributed by atoms with Gasteiger partial charge >= 0.3 is 0 Å². The van der Waals surface area contributed by atoms with Gasteiger partial charge in [0.05, 0.1) is 12.2 Å². The molecule has 5 nitrogen and oxygen atoms in total. The first-order valence-corrected chi connectivity index (χ1v) is 6.77. The van der Waals surface area contributed by atoms with Gasteiger partial charge in [0.2, 0.25) is 0 Å². The normalized spacial score (nSPS) is 13.0. The van der Waals surface area contributed by atoms with E-state index >= 15 is 0 Å². The molecule has 1 aromatic heterocycles. The number of halogens is 1. The van der Waals surface area contributed by atoms with E-state index in [1.807, 2.05) is 20.8 Å². The largest absolute Gasteiger partial charge is 0.346 e. The molecule has 1 N–H and O–H groups in total. The standard InChI is InChI=1S/C15H19FN4O/c1-10(11-7-5-6-8-12(11)16)20-9-13(18-19-20)14(21)17-15(2,3)4/h5-10H,1-4H3,(H,17,21). The third-order valence-corrected chi connectivity index (χ3v) is 2.98. The number of nitrogens with zero attached hydrogens (tertiary/aromatic N) is 3. The zero-order chi connectivity index (χ0) is 15.6. The van der Waals surface area contributed by atoms with Gasteiger partial charge in [-0.3, -0.25) is 4.79 Å². The lowest BCUT2D eigenvalue weighted by Gasteiger charge is -2.19. The van der Waals surface area contributed by atoms with E-state index < -0.39 is 0 Å². The van der Waals surface area contributed by atoms with Crippen LogP contribution in [0.5, 0.6) is 0 Å². The number of hydrogen-bond acceptors (Lipinski definition) is 3. The highest BCUT2D eigenvalue weighted by molar-refractivity contribution is 5.92. The van der Waals surface area contributed by atoms with Gasteiger partial charge in [0, 0.05) is 11.1 Å². The van der Waals surface area contributed by atoms with E-state index in [1.54, 1.807) is 25.1 Å². The van der Waals surface area contributed by atoms with Gasteiger partial charge in [-0.1, -0.05) is 23.4 Å². The van der Waals surface area contributed by atoms with Crippen molar-refractivity contribution in [2.24, 2.45) is 0 Å². The number of carbonyl (C=O) groups excluding carboxylic acids is 1. The van der Waals surface area contributed by atoms with Gasteiger partial charge in [0.25, 0.3) is 5.91 Å². The monoisotopic (exact) mass is 290 g/mol. The molecule has 21 heavy (non-hydrogen) atoms. The van der Waals surface area contributed by atoms with Crippen LogP contribution in [0.3, 0.4) is 0 Å². The number of carbonyl (C=O) groups is 1. The Morgan fingerprint density at radius 1 is 1.33 bits per heavy atom. The molecular weight excluding hydrogens is 271 g/mol. The summed E-state index contributed by atoms with van der Waals surface area (Å²) < 4.78 is 15.3. The molecule has 1 atom stereocenters. The fourth-order valence-corrected chi connectivity index (χ4v) is 1.93. The number of hydrogen-bond donors (Lipinski definition) is 1. The van der Waals surface area contributed by atoms with Crippen molar-refractivity contribution in [3.05, 3.63) is 47.5 Å². The molecule has 0 radical (unpaired) electrons. The SMILES string of the molecule is CC(c1ccccc1F)n1cc(C(=O)NC(C)(C)C)nn1. The topological polar surface area (TPSA) is 59.8 Å². The van der Waals surface area contributed by atoms with Crippen molar-refractivity contribution >= 4 is 5.91 Å². The fraction of sp³-hybridized carbons (Fsp3) is 0.400. The third-order valence-electron chi connectivity index (χ3n) is 2.98. The lowest BCUT2D eigenvalue weighted by molar-refractivity contribution is 0.0914. The highest BCUT2D eigenvalue weighted by Gasteiger charge is 2.20. The Bertz CT molecular complexity index is 645. The second kappa shape index (κ2) is 5.63. The molecule has 2 aromatic rings. The zero-order valence-corrected chi connectivity index (χ0v) is 12.6. The average Bonchev–Trinajstić information content (AvgIpc) is 2.86. The minimum atomic E-state index is -0.349. The summed E-state index contributed by atoms with van der Waals surface area (Å²) in [5, 5.41) is 10.6. The molecule has 0 aliphatic rings. The summed E-state index contributed by atoms with van der Waals surface area (Å²) in [6.45, 7) is 7.46. The van der Waals surface area contributed by atoms with Crippen molar-refractivity contribution in [3.8, 4) is 0 Å². The molecule has 0 spiro atoms. The number of aromatic nitrogens is 3. The summed E-state index contributed by atoms with van der Waals surface area (Å²) in [4.78, 5) is 12.0. The molecule has 0 aliphatic heterocycles. The summed E-state index contributed by atoms with van der Waals surface area (Å²) in [7, 11) is 0. The van der Waals surface area contributed by atoms with Gasteiger partial charge < -0.3 is 5.32 Å². The molecule has 0 saturated heterocycles. The lowest BCUT2D eigenvalue weighted by atomic mass is 10.1. The summed E-state index contributed by atoms with van der Waals surface area (Å²) in [6, 6.07) is 6.15. The Morgan fingerprint density at radius 3 is 2.62 bits per heavy atom. The second-order valence-electron chi connectivity index (χ2n) is 5.99. The maximum absolute atomic E-state index is 13.8. The number of amides is 1. The van der Waals surface area contributed by atoms with Crippen LogP contribution in [0, 0.1) is 5.82 Å². The maximum atomic E-state index is 13.8. The molecule has 112 valence electrons. The molecule has 1 unspecified atom stereocenters. The number of benzene rings is 1. The molecule has 1 heterocycles. The van der Waals surface area contributed by atoms with Crippen LogP contribution in [0.1, 0.15) is 49.8 Å². The molecule has 6 heteroatoms. The first-order chi connectivity index (χ1) is 9.78. The van der Waals surface area contributed by atoms with Gasteiger partial charge in [0.1, 0.15) is 5.82 Å². The number of rotatable bonds is 3. The highest BCUT2D eigenvalue weighted by Crippen LogP contribution is 2.19. The quantitative estimate of drug-likeness (QED) is 0.945. The Morgan fingerprint density at radius 2 is 2.00 bits per heavy atom. The summed E-state index contributed by atoms with van der Waals surface area (Å²) in [6.07, 6.45) is 1.53. The van der Waals surface area contributed by atoms with Crippen LogP contribution >= 0.6 is 0 Å². The summed E-state index contributed by atoms with van der Waals surface area (Å²) >= 11 is 0. The fourth-order valence-electron chi connectivity index (χ4n) is 1.93. The van der Waals surface area contributed by atoms with Gasteiger partial charge in [-0.2, -0.15) is 0 Å². The molecule has 1 amide bonds. The first kappa shape index (κ1) is 15.2. The Kier molecular flexibility index (Phi) is 4.06. The van der Waals surface area contributed by atoms with E-state index in [0.29, 0.717) is 5.56 Å². The van der Waals surface area contributed by atoms with Crippen molar-refractivity contribution in [2.45, 2.75) is 39.3 Å². The zero-order valence-electron chi connectivity index (χ0n) is 12.6. The van der Waals surface area contributed by atoms with Gasteiger partial charge in [-0.05, 0) is 33.8 Å². The van der Waals surface area contributed by atoms with E-state index in [2.05, 4.69) is 15.6 Å². The van der Waals surface area contributed by atoms with Gasteiger partial charge in [-0.25, -0.2) is 9.07 Å². The van der Waals surface area contributed by atoms with Crippen LogP contribution in [0.25, 0.3) is 0 Å². The summed E-state index contributed by atoms with van der Waals surface area (Å²) in [5.74, 6) is -0.601. The molecule has 1 aromatic carbocycles. The smallest absolute Gasteiger partial charge is 0.273 e. The molecule has 0 saturated carbocycles. The van der Waals surface area contributed by atoms with Crippen molar-refractivity contribution in [1.82, 2.24) is 20.3 Å². The van der Waals surface area contributed by atoms with Crippen molar-refractivity contribution in [1.29, 1.82) is 0 Å². The first-order valence-electron chi connectivity index (χ1n) is 6.77. The van der Waals surface area contributed by atoms with Crippen LogP contribution in [0.4, 0.5) is 4.39 Å². The average molecular weight is 290 g/mol. The predicted octanol–water partition coefficient (Wildman–Crippen LogP) is 2.55. The van der Waals surface area contributed by atoms with Crippen molar-refractivity contribution in [3.63, 3.8) is 0 Å². The predicted molar refractivity (Wildman–Crippen MR) is 77.5 cm³/mol. The Balaban J connectivity index is 2.20. The van der Waals surface area contributed by atoms with E-state index in [9.17, 15) is 9.18 Å². The molecular formula is C15H19FN4O. The maximum Gasteiger partial charge on any atom is 0.273 e. The van der Waals surface area contributed by atoms with Gasteiger partial charge in [0.15, 0.2) is 5.69 Å². The van der Waals surface area contributed by atoms with Crippen molar-refractivity contribution in [2.75, 3.05) is 0 Å². The van der Waals surface area contributed by atoms with E-state index in [-0.39, 0.29) is 29.0 Å². The van der Waals surface area contributed by atoms with Crippen LogP contribution in [0.15, 0.2) is 30.5 Å². The van der Waals surface area contributed by atoms with Crippen molar-refractivity contribution < 1.29 is 9.18 Å². The van der Waals surface area contributed by atoms with Crippen LogP contribution in [0.2, 0.25) is 0 Å². The molecule has 0 bridgehead atoms. The Hall–Kier alpha value is -2.24. The van der Waals surface area contributed by atoms with Crippen LogP contribution < -0.4 is 5.32 Å². The van der Waals surface area contributed by atoms with E-state index in [0.717, 1.165) is 0 Å². The third kappa shape index (κ3) is 3.65. The Labute approximate surface area is 123 Å². The van der Waals surface area contributed by atoms with Gasteiger partial charge in [-0.15, -0.1) is 5.10 Å². The minimum absolute atomic E-state index is 0.216. The molecule has 0 aliphatic carbocycles. The summed E-state index contributed by atoms with van der Waals surface area (Å²) in [5.41, 5.74) is 0.371. The second-order valence-corrected chi connectivity index (χ2v) is 5.99. The molecule has 0 fully saturated rings. The highest BCUT2D eigenvalue weighted by atomic mass is 19.1. The number of nitrogens with one attached hydrogen (secondary N) is 1. The van der Waals surface area contributed by atoms with Crippen LogP contribution in [-0.4, -0.2) is 26.4 Å². The molecule has 2 rings (SSSR count). The van der Waals surface area contributed by atoms with E-state index in [4.69, 9.17) is 0 Å². The van der Waals surface area contributed by atoms with E-state index in [1.165, 1.54) is 16.9 Å². The lowest BCUT2D eigenvalue weighted by Crippen LogP contribution is -2.40.